The third-order valence-corrected chi connectivity index (χ3v) is 7.47. The Kier molecular flexibility index (Phi) is 8.70. The molecule has 0 unspecified atom stereocenters. The van der Waals surface area contributed by atoms with Crippen LogP contribution in [0.25, 0.3) is 0 Å². The predicted molar refractivity (Wildman–Crippen MR) is 143 cm³/mol. The van der Waals surface area contributed by atoms with Crippen molar-refractivity contribution in [2.75, 3.05) is 26.7 Å². The number of rotatable bonds is 6. The second kappa shape index (κ2) is 12.0. The van der Waals surface area contributed by atoms with E-state index in [9.17, 15) is 19.8 Å². The number of hydrogen-bond acceptors (Lipinski definition) is 6. The summed E-state index contributed by atoms with van der Waals surface area (Å²) in [6, 6.07) is 10.8. The third kappa shape index (κ3) is 6.53. The van der Waals surface area contributed by atoms with E-state index in [4.69, 9.17) is 4.74 Å². The molecule has 2 aromatic rings. The van der Waals surface area contributed by atoms with Gasteiger partial charge in [-0.2, -0.15) is 0 Å². The van der Waals surface area contributed by atoms with Crippen molar-refractivity contribution in [3.8, 4) is 17.7 Å². The van der Waals surface area contributed by atoms with E-state index in [1.54, 1.807) is 36.0 Å². The summed E-state index contributed by atoms with van der Waals surface area (Å²) >= 11 is 0. The summed E-state index contributed by atoms with van der Waals surface area (Å²) in [6.45, 7) is 4.25. The standard InChI is InChI=1S/C30H37N3O5/c1-21-18-33(22(2)20-34)29(36)25-15-24(11-14-30(37)12-7-8-13-30)17-31-28(25)38-26(21)19-32(3)27(35)16-23-9-5-4-6-10-23/h4-6,9-10,15,17,21-22,26,34,37H,7-8,12-13,16,18-20H2,1-3H3/t21-,22-,26-/m1/s1. The average molecular weight is 520 g/mol. The molecule has 0 saturated heterocycles. The first-order valence-electron chi connectivity index (χ1n) is 13.3. The number of ether oxygens (including phenoxy) is 1. The van der Waals surface area contributed by atoms with E-state index in [0.717, 1.165) is 18.4 Å². The highest BCUT2D eigenvalue weighted by Crippen LogP contribution is 2.30. The summed E-state index contributed by atoms with van der Waals surface area (Å²) < 4.78 is 6.29. The van der Waals surface area contributed by atoms with Gasteiger partial charge in [0.1, 0.15) is 17.3 Å². The number of nitrogens with zero attached hydrogens (tertiary/aromatic N) is 3. The Labute approximate surface area is 224 Å². The molecule has 1 fully saturated rings. The third-order valence-electron chi connectivity index (χ3n) is 7.47. The van der Waals surface area contributed by atoms with Gasteiger partial charge in [-0.15, -0.1) is 0 Å². The molecule has 3 atom stereocenters. The number of aliphatic hydroxyl groups is 2. The number of aromatic nitrogens is 1. The molecule has 1 aromatic heterocycles. The van der Waals surface area contributed by atoms with Crippen LogP contribution in [0.3, 0.4) is 0 Å². The predicted octanol–water partition coefficient (Wildman–Crippen LogP) is 2.66. The van der Waals surface area contributed by atoms with Crippen LogP contribution in [0.1, 0.15) is 61.0 Å². The monoisotopic (exact) mass is 519 g/mol. The molecule has 0 bridgehead atoms. The fourth-order valence-electron chi connectivity index (χ4n) is 4.94. The van der Waals surface area contributed by atoms with Crippen LogP contribution in [0, 0.1) is 17.8 Å². The largest absolute Gasteiger partial charge is 0.472 e. The molecule has 2 amide bonds. The smallest absolute Gasteiger partial charge is 0.259 e. The van der Waals surface area contributed by atoms with Crippen LogP contribution >= 0.6 is 0 Å². The molecular weight excluding hydrogens is 482 g/mol. The Morgan fingerprint density at radius 2 is 2.00 bits per heavy atom. The zero-order valence-corrected chi connectivity index (χ0v) is 22.4. The molecule has 38 heavy (non-hydrogen) atoms. The maximum absolute atomic E-state index is 13.6. The molecule has 2 N–H and O–H groups in total. The summed E-state index contributed by atoms with van der Waals surface area (Å²) in [7, 11) is 1.75. The summed E-state index contributed by atoms with van der Waals surface area (Å²) in [4.78, 5) is 34.2. The molecule has 2 aliphatic rings. The highest BCUT2D eigenvalue weighted by atomic mass is 16.5. The van der Waals surface area contributed by atoms with Crippen molar-refractivity contribution in [2.24, 2.45) is 5.92 Å². The SMILES string of the molecule is C[C@@H]1CN([C@H](C)CO)C(=O)c2cc(C#CC3(O)CCCC3)cnc2O[C@@H]1CN(C)C(=O)Cc1ccccc1. The van der Waals surface area contributed by atoms with Gasteiger partial charge in [0, 0.05) is 31.3 Å². The van der Waals surface area contributed by atoms with Gasteiger partial charge in [-0.25, -0.2) is 4.98 Å². The normalized spacial score (nSPS) is 21.3. The van der Waals surface area contributed by atoms with E-state index in [-0.39, 0.29) is 42.2 Å². The molecule has 8 heteroatoms. The van der Waals surface area contributed by atoms with E-state index < -0.39 is 17.7 Å². The lowest BCUT2D eigenvalue weighted by Gasteiger charge is -2.37. The van der Waals surface area contributed by atoms with E-state index >= 15 is 0 Å². The molecular formula is C30H37N3O5. The van der Waals surface area contributed by atoms with Crippen LogP contribution in [-0.2, 0) is 11.2 Å². The fourth-order valence-corrected chi connectivity index (χ4v) is 4.94. The molecule has 1 aliphatic carbocycles. The van der Waals surface area contributed by atoms with Crippen LogP contribution in [0.5, 0.6) is 5.88 Å². The minimum absolute atomic E-state index is 0.0330. The number of benzene rings is 1. The van der Waals surface area contributed by atoms with Crippen molar-refractivity contribution >= 4 is 11.8 Å². The first-order valence-corrected chi connectivity index (χ1v) is 13.3. The van der Waals surface area contributed by atoms with E-state index in [1.807, 2.05) is 37.3 Å². The van der Waals surface area contributed by atoms with E-state index in [2.05, 4.69) is 16.8 Å². The van der Waals surface area contributed by atoms with Gasteiger partial charge in [0.05, 0.1) is 25.6 Å². The Hall–Kier alpha value is -3.41. The van der Waals surface area contributed by atoms with Crippen LogP contribution in [0.2, 0.25) is 0 Å². The van der Waals surface area contributed by atoms with Gasteiger partial charge in [0.25, 0.3) is 5.91 Å². The number of pyridine rings is 1. The Morgan fingerprint density at radius 3 is 2.68 bits per heavy atom. The molecule has 0 spiro atoms. The summed E-state index contributed by atoms with van der Waals surface area (Å²) in [5.41, 5.74) is 0.704. The molecule has 1 saturated carbocycles. The van der Waals surface area contributed by atoms with Crippen molar-refractivity contribution in [3.63, 3.8) is 0 Å². The maximum Gasteiger partial charge on any atom is 0.259 e. The Bertz CT molecular complexity index is 1200. The summed E-state index contributed by atoms with van der Waals surface area (Å²) in [5, 5.41) is 20.5. The number of likely N-dealkylation sites (N-methyl/N-ethyl adjacent to an activating group) is 1. The number of carbonyl (C=O) groups is 2. The maximum atomic E-state index is 13.6. The first kappa shape index (κ1) is 27.6. The molecule has 0 radical (unpaired) electrons. The molecule has 8 nitrogen and oxygen atoms in total. The van der Waals surface area contributed by atoms with Gasteiger partial charge < -0.3 is 24.7 Å². The molecule has 2 heterocycles. The zero-order chi connectivity index (χ0) is 27.3. The van der Waals surface area contributed by atoms with E-state index in [1.165, 1.54) is 0 Å². The van der Waals surface area contributed by atoms with E-state index in [0.29, 0.717) is 31.5 Å². The summed E-state index contributed by atoms with van der Waals surface area (Å²) in [6.07, 6.45) is 4.56. The van der Waals surface area contributed by atoms with Gasteiger partial charge in [-0.1, -0.05) is 49.1 Å². The molecule has 4 rings (SSSR count). The number of amides is 2. The lowest BCUT2D eigenvalue weighted by Crippen LogP contribution is -2.50. The summed E-state index contributed by atoms with van der Waals surface area (Å²) in [5.74, 6) is 5.67. The van der Waals surface area contributed by atoms with Crippen LogP contribution in [-0.4, -0.2) is 81.3 Å². The van der Waals surface area contributed by atoms with Crippen molar-refractivity contribution in [2.45, 2.75) is 63.7 Å². The highest BCUT2D eigenvalue weighted by Gasteiger charge is 2.35. The van der Waals surface area contributed by atoms with Crippen LogP contribution in [0.4, 0.5) is 0 Å². The lowest BCUT2D eigenvalue weighted by atomic mass is 9.99. The number of carbonyl (C=O) groups excluding carboxylic acids is 2. The van der Waals surface area contributed by atoms with Gasteiger partial charge in [-0.3, -0.25) is 9.59 Å². The van der Waals surface area contributed by atoms with Crippen molar-refractivity contribution in [1.82, 2.24) is 14.8 Å². The van der Waals surface area contributed by atoms with Gasteiger partial charge in [-0.05, 0) is 44.2 Å². The van der Waals surface area contributed by atoms with Crippen LogP contribution < -0.4 is 4.74 Å². The number of aliphatic hydroxyl groups excluding tert-OH is 1. The van der Waals surface area contributed by atoms with Crippen molar-refractivity contribution in [3.05, 3.63) is 59.3 Å². The van der Waals surface area contributed by atoms with Gasteiger partial charge in [0.2, 0.25) is 11.8 Å². The fraction of sp³-hybridized carbons (Fsp3) is 0.500. The van der Waals surface area contributed by atoms with Crippen molar-refractivity contribution < 1.29 is 24.5 Å². The Morgan fingerprint density at radius 1 is 1.29 bits per heavy atom. The second-order valence-corrected chi connectivity index (χ2v) is 10.6. The minimum atomic E-state index is -1.00. The van der Waals surface area contributed by atoms with Crippen LogP contribution in [0.15, 0.2) is 42.6 Å². The number of hydrogen-bond donors (Lipinski definition) is 2. The molecule has 1 aromatic carbocycles. The topological polar surface area (TPSA) is 103 Å². The molecule has 202 valence electrons. The zero-order valence-electron chi connectivity index (χ0n) is 22.4. The highest BCUT2D eigenvalue weighted by molar-refractivity contribution is 5.97. The number of fused-ring (bicyclic) bond motifs is 1. The van der Waals surface area contributed by atoms with Gasteiger partial charge in [0.15, 0.2) is 0 Å². The minimum Gasteiger partial charge on any atom is -0.472 e. The van der Waals surface area contributed by atoms with Crippen molar-refractivity contribution in [1.29, 1.82) is 0 Å². The molecule has 1 aliphatic heterocycles. The first-order chi connectivity index (χ1) is 18.2. The lowest BCUT2D eigenvalue weighted by molar-refractivity contribution is -0.130. The second-order valence-electron chi connectivity index (χ2n) is 10.6. The average Bonchev–Trinajstić information content (AvgIpc) is 3.36. The van der Waals surface area contributed by atoms with Gasteiger partial charge >= 0.3 is 0 Å². The Balaban J connectivity index is 1.60. The quantitative estimate of drug-likeness (QED) is 0.569.